The molecule has 1 amide bonds. The lowest BCUT2D eigenvalue weighted by Crippen LogP contribution is -2.63. The summed E-state index contributed by atoms with van der Waals surface area (Å²) < 4.78 is 13.2. The summed E-state index contributed by atoms with van der Waals surface area (Å²) in [5.74, 6) is -2.58. The molecule has 35 heavy (non-hydrogen) atoms. The van der Waals surface area contributed by atoms with E-state index >= 15 is 0 Å². The Morgan fingerprint density at radius 3 is 2.57 bits per heavy atom. The fraction of sp³-hybridized carbons (Fsp3) is 0.400. The second-order valence-corrected chi connectivity index (χ2v) is 10.2. The van der Waals surface area contributed by atoms with Crippen molar-refractivity contribution >= 4 is 63.0 Å². The number of nitrogens with zero attached hydrogens (tertiary/aromatic N) is 1. The number of amides is 1. The minimum absolute atomic E-state index is 0.0139. The van der Waals surface area contributed by atoms with E-state index in [1.807, 2.05) is 25.1 Å². The van der Waals surface area contributed by atoms with Crippen molar-refractivity contribution in [2.24, 2.45) is 17.8 Å². The van der Waals surface area contributed by atoms with Crippen LogP contribution in [-0.2, 0) is 33.3 Å². The minimum Gasteiger partial charge on any atom is -0.488 e. The maximum Gasteiger partial charge on any atom is 0.355 e. The van der Waals surface area contributed by atoms with Gasteiger partial charge >= 0.3 is 11.9 Å². The van der Waals surface area contributed by atoms with Gasteiger partial charge in [-0.2, -0.15) is 4.89 Å². The average molecular weight is 707 g/mol. The molecule has 0 N–H and O–H groups in total. The lowest BCUT2D eigenvalue weighted by molar-refractivity contribution is -0.271. The molecular weight excluding hydrogens is 680 g/mol. The first-order valence-corrected chi connectivity index (χ1v) is 13.6. The van der Waals surface area contributed by atoms with Crippen molar-refractivity contribution < 1.29 is 33.6 Å². The van der Waals surface area contributed by atoms with Crippen LogP contribution < -0.4 is 4.74 Å². The number of halogens is 2. The van der Waals surface area contributed by atoms with E-state index in [9.17, 15) is 14.4 Å². The summed E-state index contributed by atoms with van der Waals surface area (Å²) in [6.45, 7) is 10.8. The van der Waals surface area contributed by atoms with Gasteiger partial charge in [0.25, 0.3) is 0 Å². The Morgan fingerprint density at radius 2 is 1.94 bits per heavy atom. The van der Waals surface area contributed by atoms with Crippen LogP contribution in [-0.4, -0.2) is 48.6 Å². The second kappa shape index (κ2) is 12.3. The van der Waals surface area contributed by atoms with Gasteiger partial charge in [-0.3, -0.25) is 9.68 Å². The highest BCUT2D eigenvalue weighted by Crippen LogP contribution is 2.49. The van der Waals surface area contributed by atoms with E-state index in [1.165, 1.54) is 22.6 Å². The van der Waals surface area contributed by atoms with E-state index in [4.69, 9.17) is 19.2 Å². The van der Waals surface area contributed by atoms with E-state index in [2.05, 4.69) is 58.3 Å². The molecule has 0 aromatic heterocycles. The van der Waals surface area contributed by atoms with Gasteiger partial charge in [0.2, 0.25) is 5.91 Å². The number of carbonyl (C=O) groups is 3. The Kier molecular flexibility index (Phi) is 9.76. The number of carbonyl (C=O) groups excluding carboxylic acids is 3. The molecule has 1 aromatic carbocycles. The van der Waals surface area contributed by atoms with Gasteiger partial charge in [-0.1, -0.05) is 61.2 Å². The lowest BCUT2D eigenvalue weighted by atomic mass is 9.74. The Hall–Kier alpha value is -1.93. The van der Waals surface area contributed by atoms with Crippen molar-refractivity contribution in [3.05, 3.63) is 63.9 Å². The van der Waals surface area contributed by atoms with E-state index in [0.717, 1.165) is 8.00 Å². The van der Waals surface area contributed by atoms with E-state index < -0.39 is 29.8 Å². The summed E-state index contributed by atoms with van der Waals surface area (Å²) in [6, 6.07) is 5.54. The highest BCUT2D eigenvalue weighted by Gasteiger charge is 2.61. The molecule has 0 aliphatic carbocycles. The largest absolute Gasteiger partial charge is 0.488 e. The topological polar surface area (TPSA) is 91.4 Å². The molecular formula is C25H27I2NO7. The summed E-state index contributed by atoms with van der Waals surface area (Å²) in [5, 5.41) is 0. The Morgan fingerprint density at radius 1 is 1.23 bits per heavy atom. The maximum atomic E-state index is 13.2. The molecule has 0 spiro atoms. The number of β-lactam (4-membered cyclic amide) rings is 1. The van der Waals surface area contributed by atoms with E-state index in [0.29, 0.717) is 11.3 Å². The van der Waals surface area contributed by atoms with Crippen LogP contribution in [0.1, 0.15) is 19.4 Å². The number of rotatable bonds is 12. The third-order valence-electron chi connectivity index (χ3n) is 6.09. The third kappa shape index (κ3) is 5.74. The fourth-order valence-corrected chi connectivity index (χ4v) is 5.52. The van der Waals surface area contributed by atoms with E-state index in [1.54, 1.807) is 6.92 Å². The lowest BCUT2D eigenvalue weighted by Gasteiger charge is -2.47. The highest BCUT2D eigenvalue weighted by molar-refractivity contribution is 14.1. The third-order valence-corrected chi connectivity index (χ3v) is 7.82. The number of fused-ring (bicyclic) bond motifs is 1. The smallest absolute Gasteiger partial charge is 0.355 e. The molecule has 188 valence electrons. The summed E-state index contributed by atoms with van der Waals surface area (Å²) in [5.41, 5.74) is 2.00. The van der Waals surface area contributed by atoms with Crippen molar-refractivity contribution in [3.8, 4) is 5.75 Å². The van der Waals surface area contributed by atoms with Gasteiger partial charge < -0.3 is 14.4 Å². The first-order chi connectivity index (χ1) is 16.8. The van der Waals surface area contributed by atoms with Gasteiger partial charge in [-0.15, -0.1) is 6.58 Å². The van der Waals surface area contributed by atoms with Gasteiger partial charge in [0.15, 0.2) is 0 Å². The Bertz CT molecular complexity index is 1050. The molecule has 0 bridgehead atoms. The van der Waals surface area contributed by atoms with Crippen molar-refractivity contribution in [1.82, 2.24) is 4.90 Å². The predicted molar refractivity (Wildman–Crippen MR) is 145 cm³/mol. The van der Waals surface area contributed by atoms with Gasteiger partial charge in [0.05, 0.1) is 21.4 Å². The number of ether oxygens (including phenoxy) is 2. The normalized spacial score (nSPS) is 21.7. The van der Waals surface area contributed by atoms with Gasteiger partial charge in [0, 0.05) is 15.9 Å². The van der Waals surface area contributed by atoms with Crippen LogP contribution in [0, 0.1) is 21.3 Å². The molecule has 4 unspecified atom stereocenters. The van der Waals surface area contributed by atoms with Crippen LogP contribution in [0.3, 0.4) is 0 Å². The first-order valence-electron chi connectivity index (χ1n) is 11.0. The summed E-state index contributed by atoms with van der Waals surface area (Å²) >= 11 is 4.51. The molecule has 2 aliphatic rings. The van der Waals surface area contributed by atoms with Crippen molar-refractivity contribution in [1.29, 1.82) is 0 Å². The maximum absolute atomic E-state index is 13.2. The fourth-order valence-electron chi connectivity index (χ4n) is 4.31. The van der Waals surface area contributed by atoms with Gasteiger partial charge in [-0.25, -0.2) is 9.59 Å². The van der Waals surface area contributed by atoms with Crippen LogP contribution >= 0.6 is 45.2 Å². The Balaban J connectivity index is 1.84. The summed E-state index contributed by atoms with van der Waals surface area (Å²) in [7, 11) is 0. The number of alkyl halides is 1. The molecule has 0 radical (unpaired) electrons. The van der Waals surface area contributed by atoms with E-state index in [-0.39, 0.29) is 37.3 Å². The SMILES string of the molecule is C=CCOOC(=O)C(C)C1C(=O)N2C(C(=O)OCC=C)=C(COc3ccc(CI)cc3I)C(C)C12. The average Bonchev–Trinajstić information content (AvgIpc) is 3.09. The van der Waals surface area contributed by atoms with Crippen LogP contribution in [0.5, 0.6) is 5.75 Å². The number of hydrogen-bond acceptors (Lipinski definition) is 7. The molecule has 1 fully saturated rings. The predicted octanol–water partition coefficient (Wildman–Crippen LogP) is 4.36. The standard InChI is InChI=1S/C25H27I2NO7/c1-5-9-32-25(31)22-17(13-33-19-8-7-16(12-26)11-18(19)27)14(3)21-20(23(29)28(21)22)15(4)24(30)35-34-10-6-2/h5-8,11,14-15,20-21H,1-2,9-10,12-13H2,3-4H3. The Labute approximate surface area is 231 Å². The van der Waals surface area contributed by atoms with Crippen molar-refractivity contribution in [2.75, 3.05) is 19.8 Å². The molecule has 3 rings (SSSR count). The molecule has 2 aliphatic heterocycles. The first kappa shape index (κ1) is 27.7. The quantitative estimate of drug-likeness (QED) is 0.0467. The minimum atomic E-state index is -0.761. The van der Waals surface area contributed by atoms with Gasteiger partial charge in [0.1, 0.15) is 31.3 Å². The van der Waals surface area contributed by atoms with Crippen molar-refractivity contribution in [3.63, 3.8) is 0 Å². The zero-order chi connectivity index (χ0) is 25.7. The zero-order valence-electron chi connectivity index (χ0n) is 19.5. The van der Waals surface area contributed by atoms with Crippen LogP contribution in [0.4, 0.5) is 0 Å². The number of hydrogen-bond donors (Lipinski definition) is 0. The van der Waals surface area contributed by atoms with Crippen LogP contribution in [0.15, 0.2) is 54.8 Å². The summed E-state index contributed by atoms with van der Waals surface area (Å²) in [4.78, 5) is 49.6. The molecule has 1 saturated heterocycles. The second-order valence-electron chi connectivity index (χ2n) is 8.23. The molecule has 0 saturated carbocycles. The van der Waals surface area contributed by atoms with Crippen LogP contribution in [0.2, 0.25) is 0 Å². The molecule has 1 aromatic rings. The zero-order valence-corrected chi connectivity index (χ0v) is 23.8. The van der Waals surface area contributed by atoms with Crippen molar-refractivity contribution in [2.45, 2.75) is 24.3 Å². The van der Waals surface area contributed by atoms with Gasteiger partial charge in [-0.05, 0) is 40.3 Å². The summed E-state index contributed by atoms with van der Waals surface area (Å²) in [6.07, 6.45) is 2.91. The van der Waals surface area contributed by atoms with Crippen LogP contribution in [0.25, 0.3) is 0 Å². The molecule has 2 heterocycles. The monoisotopic (exact) mass is 707 g/mol. The molecule has 8 nitrogen and oxygen atoms in total. The number of esters is 1. The highest BCUT2D eigenvalue weighted by atomic mass is 127. The molecule has 10 heteroatoms. The number of benzene rings is 1. The molecule has 4 atom stereocenters.